The van der Waals surface area contributed by atoms with Gasteiger partial charge < -0.3 is 14.5 Å². The van der Waals surface area contributed by atoms with E-state index in [1.54, 1.807) is 12.1 Å². The fourth-order valence-electron chi connectivity index (χ4n) is 2.42. The molecule has 2 atom stereocenters. The molecule has 0 spiro atoms. The summed E-state index contributed by atoms with van der Waals surface area (Å²) in [5.74, 6) is -0.822. The summed E-state index contributed by atoms with van der Waals surface area (Å²) in [6, 6.07) is 7.26. The van der Waals surface area contributed by atoms with Crippen LogP contribution in [0.1, 0.15) is 43.1 Å². The van der Waals surface area contributed by atoms with Gasteiger partial charge in [0.15, 0.2) is 14.5 Å². The standard InChI is InChI=1S/C19H29NO4Si/c1-13-9-7-8-10-14(13)18(22)24-17-15(16(21)20-17)11-12-23-25(5,6)19(2,3)4/h7-10,15,17H,11-12H2,1-6H3,(H,20,21)/t15-,17+/m0/s1. The second-order valence-electron chi connectivity index (χ2n) is 8.15. The Hall–Kier alpha value is -1.66. The molecule has 0 unspecified atom stereocenters. The first-order valence-corrected chi connectivity index (χ1v) is 11.6. The number of benzene rings is 1. The Morgan fingerprint density at radius 2 is 1.88 bits per heavy atom. The van der Waals surface area contributed by atoms with E-state index >= 15 is 0 Å². The lowest BCUT2D eigenvalue weighted by molar-refractivity contribution is -0.148. The van der Waals surface area contributed by atoms with E-state index in [9.17, 15) is 9.59 Å². The van der Waals surface area contributed by atoms with Crippen LogP contribution >= 0.6 is 0 Å². The van der Waals surface area contributed by atoms with E-state index in [1.165, 1.54) is 0 Å². The van der Waals surface area contributed by atoms with Crippen LogP contribution in [0.2, 0.25) is 18.1 Å². The van der Waals surface area contributed by atoms with Crippen molar-refractivity contribution in [1.29, 1.82) is 0 Å². The van der Waals surface area contributed by atoms with Crippen molar-refractivity contribution in [3.8, 4) is 0 Å². The van der Waals surface area contributed by atoms with Crippen molar-refractivity contribution in [3.05, 3.63) is 35.4 Å². The number of esters is 1. The minimum absolute atomic E-state index is 0.0820. The van der Waals surface area contributed by atoms with Crippen LogP contribution < -0.4 is 5.32 Å². The summed E-state index contributed by atoms with van der Waals surface area (Å²) in [7, 11) is -1.84. The van der Waals surface area contributed by atoms with E-state index in [-0.39, 0.29) is 16.9 Å². The van der Waals surface area contributed by atoms with E-state index in [2.05, 4.69) is 39.2 Å². The molecular weight excluding hydrogens is 334 g/mol. The topological polar surface area (TPSA) is 64.6 Å². The van der Waals surface area contributed by atoms with E-state index in [0.29, 0.717) is 18.6 Å². The van der Waals surface area contributed by atoms with E-state index in [4.69, 9.17) is 9.16 Å². The average Bonchev–Trinajstić information content (AvgIpc) is 2.50. The van der Waals surface area contributed by atoms with Gasteiger partial charge in [-0.1, -0.05) is 39.0 Å². The molecule has 5 nitrogen and oxygen atoms in total. The number of amides is 1. The molecule has 1 aliphatic heterocycles. The zero-order chi connectivity index (χ0) is 18.8. The molecule has 0 aromatic heterocycles. The Balaban J connectivity index is 1.89. The maximum Gasteiger partial charge on any atom is 0.340 e. The van der Waals surface area contributed by atoms with Crippen LogP contribution in [0.4, 0.5) is 0 Å². The van der Waals surface area contributed by atoms with Gasteiger partial charge in [-0.25, -0.2) is 4.79 Å². The van der Waals surface area contributed by atoms with Crippen molar-refractivity contribution in [2.75, 3.05) is 6.61 Å². The van der Waals surface area contributed by atoms with Gasteiger partial charge in [0.1, 0.15) is 0 Å². The number of ether oxygens (including phenoxy) is 1. The summed E-state index contributed by atoms with van der Waals surface area (Å²) in [6.07, 6.45) is -0.00743. The first-order chi connectivity index (χ1) is 11.5. The smallest absolute Gasteiger partial charge is 0.340 e. The summed E-state index contributed by atoms with van der Waals surface area (Å²) < 4.78 is 11.6. The zero-order valence-corrected chi connectivity index (χ0v) is 17.0. The number of nitrogens with one attached hydrogen (secondary N) is 1. The Labute approximate surface area is 151 Å². The molecule has 1 aliphatic rings. The molecule has 0 bridgehead atoms. The molecule has 0 aliphatic carbocycles. The third-order valence-corrected chi connectivity index (χ3v) is 9.82. The quantitative estimate of drug-likeness (QED) is 0.476. The number of carbonyl (C=O) groups is 2. The van der Waals surface area contributed by atoms with E-state index in [1.807, 2.05) is 19.1 Å². The van der Waals surface area contributed by atoms with Gasteiger partial charge >= 0.3 is 5.97 Å². The molecule has 1 heterocycles. The predicted octanol–water partition coefficient (Wildman–Crippen LogP) is 3.64. The van der Waals surface area contributed by atoms with E-state index < -0.39 is 20.5 Å². The molecule has 1 fully saturated rings. The highest BCUT2D eigenvalue weighted by molar-refractivity contribution is 6.74. The third-order valence-electron chi connectivity index (χ3n) is 5.28. The van der Waals surface area contributed by atoms with Gasteiger partial charge in [-0.05, 0) is 43.1 Å². The van der Waals surface area contributed by atoms with Crippen LogP contribution in [-0.2, 0) is 14.0 Å². The molecule has 1 N–H and O–H groups in total. The van der Waals surface area contributed by atoms with Gasteiger partial charge in [0.2, 0.25) is 5.91 Å². The molecule has 6 heteroatoms. The summed E-state index contributed by atoms with van der Waals surface area (Å²) >= 11 is 0. The van der Waals surface area contributed by atoms with Crippen LogP contribution in [0, 0.1) is 12.8 Å². The largest absolute Gasteiger partial charge is 0.437 e. The summed E-state index contributed by atoms with van der Waals surface area (Å²) in [5.41, 5.74) is 1.39. The lowest BCUT2D eigenvalue weighted by Crippen LogP contribution is -2.60. The predicted molar refractivity (Wildman–Crippen MR) is 99.8 cm³/mol. The fourth-order valence-corrected chi connectivity index (χ4v) is 3.48. The van der Waals surface area contributed by atoms with Crippen LogP contribution in [0.15, 0.2) is 24.3 Å². The highest BCUT2D eigenvalue weighted by atomic mass is 28.4. The second-order valence-corrected chi connectivity index (χ2v) is 13.0. The highest BCUT2D eigenvalue weighted by Gasteiger charge is 2.43. The van der Waals surface area contributed by atoms with Crippen molar-refractivity contribution in [3.63, 3.8) is 0 Å². The van der Waals surface area contributed by atoms with Gasteiger partial charge in [0.05, 0.1) is 11.5 Å². The number of aryl methyl sites for hydroxylation is 1. The summed E-state index contributed by atoms with van der Waals surface area (Å²) in [6.45, 7) is 13.3. The molecule has 0 saturated carbocycles. The summed E-state index contributed by atoms with van der Waals surface area (Å²) in [4.78, 5) is 24.1. The minimum atomic E-state index is -1.84. The van der Waals surface area contributed by atoms with Gasteiger partial charge in [0.25, 0.3) is 0 Å². The number of rotatable bonds is 6. The lowest BCUT2D eigenvalue weighted by Gasteiger charge is -2.39. The van der Waals surface area contributed by atoms with Crippen molar-refractivity contribution < 1.29 is 18.8 Å². The molecule has 138 valence electrons. The van der Waals surface area contributed by atoms with Crippen LogP contribution in [0.3, 0.4) is 0 Å². The van der Waals surface area contributed by atoms with Crippen molar-refractivity contribution in [1.82, 2.24) is 5.32 Å². The Morgan fingerprint density at radius 1 is 1.24 bits per heavy atom. The third kappa shape index (κ3) is 4.49. The normalized spacial score (nSPS) is 20.6. The molecular formula is C19H29NO4Si. The van der Waals surface area contributed by atoms with Gasteiger partial charge in [-0.2, -0.15) is 0 Å². The first-order valence-electron chi connectivity index (χ1n) is 8.74. The van der Waals surface area contributed by atoms with Crippen LogP contribution in [0.5, 0.6) is 0 Å². The number of hydrogen-bond donors (Lipinski definition) is 1. The average molecular weight is 364 g/mol. The molecule has 1 aromatic rings. The van der Waals surface area contributed by atoms with Crippen molar-refractivity contribution in [2.45, 2.75) is 58.5 Å². The maximum atomic E-state index is 12.3. The first kappa shape index (κ1) is 19.7. The number of β-lactam (4-membered cyclic amide) rings is 1. The van der Waals surface area contributed by atoms with Crippen LogP contribution in [-0.4, -0.2) is 33.0 Å². The zero-order valence-electron chi connectivity index (χ0n) is 16.0. The van der Waals surface area contributed by atoms with Crippen LogP contribution in [0.25, 0.3) is 0 Å². The Morgan fingerprint density at radius 3 is 2.44 bits per heavy atom. The monoisotopic (exact) mass is 363 g/mol. The Bertz CT molecular complexity index is 651. The maximum absolute atomic E-state index is 12.3. The highest BCUT2D eigenvalue weighted by Crippen LogP contribution is 2.37. The van der Waals surface area contributed by atoms with Gasteiger partial charge in [-0.3, -0.25) is 4.79 Å². The van der Waals surface area contributed by atoms with E-state index in [0.717, 1.165) is 5.56 Å². The number of hydrogen-bond acceptors (Lipinski definition) is 4. The number of carbonyl (C=O) groups excluding carboxylic acids is 2. The van der Waals surface area contributed by atoms with Gasteiger partial charge in [0, 0.05) is 6.61 Å². The minimum Gasteiger partial charge on any atom is -0.437 e. The molecule has 0 radical (unpaired) electrons. The van der Waals surface area contributed by atoms with Crippen molar-refractivity contribution in [2.24, 2.45) is 5.92 Å². The van der Waals surface area contributed by atoms with Gasteiger partial charge in [-0.15, -0.1) is 0 Å². The SMILES string of the molecule is Cc1ccccc1C(=O)O[C@H]1NC(=O)[C@@H]1CCO[Si](C)(C)C(C)(C)C. The molecule has 1 aromatic carbocycles. The molecule has 1 saturated heterocycles. The lowest BCUT2D eigenvalue weighted by atomic mass is 9.95. The van der Waals surface area contributed by atoms with Crippen molar-refractivity contribution >= 4 is 20.2 Å². The fraction of sp³-hybridized carbons (Fsp3) is 0.579. The molecule has 25 heavy (non-hydrogen) atoms. The second kappa shape index (κ2) is 7.29. The summed E-state index contributed by atoms with van der Waals surface area (Å²) in [5, 5.41) is 2.80. The Kier molecular flexibility index (Phi) is 5.74. The molecule has 1 amide bonds. The molecule has 2 rings (SSSR count).